The number of aliphatic carboxylic acids is 1. The van der Waals surface area contributed by atoms with E-state index in [1.807, 2.05) is 13.0 Å². The van der Waals surface area contributed by atoms with Gasteiger partial charge in [0.1, 0.15) is 0 Å². The van der Waals surface area contributed by atoms with Crippen LogP contribution in [0.25, 0.3) is 0 Å². The summed E-state index contributed by atoms with van der Waals surface area (Å²) in [6.45, 7) is 2.63. The van der Waals surface area contributed by atoms with Crippen LogP contribution < -0.4 is 5.32 Å². The molecule has 1 heterocycles. The summed E-state index contributed by atoms with van der Waals surface area (Å²) in [5, 5.41) is 11.8. The molecule has 0 spiro atoms. The lowest BCUT2D eigenvalue weighted by Crippen LogP contribution is -2.50. The third kappa shape index (κ3) is 3.37. The van der Waals surface area contributed by atoms with Gasteiger partial charge in [-0.2, -0.15) is 0 Å². The second kappa shape index (κ2) is 5.93. The number of hydrogen-bond acceptors (Lipinski definition) is 3. The maximum Gasteiger partial charge on any atom is 0.305 e. The van der Waals surface area contributed by atoms with Gasteiger partial charge in [0, 0.05) is 16.6 Å². The van der Waals surface area contributed by atoms with Crippen LogP contribution in [0.3, 0.4) is 0 Å². The fourth-order valence-corrected chi connectivity index (χ4v) is 2.60. The van der Waals surface area contributed by atoms with Crippen LogP contribution in [0.4, 0.5) is 0 Å². The van der Waals surface area contributed by atoms with Crippen molar-refractivity contribution in [2.75, 3.05) is 13.2 Å². The second-order valence-electron chi connectivity index (χ2n) is 5.07. The summed E-state index contributed by atoms with van der Waals surface area (Å²) in [5.41, 5.74) is 0.727. The average Bonchev–Trinajstić information content (AvgIpc) is 2.79. The van der Waals surface area contributed by atoms with Crippen LogP contribution in [0.15, 0.2) is 22.7 Å². The van der Waals surface area contributed by atoms with Gasteiger partial charge in [-0.3, -0.25) is 9.59 Å². The van der Waals surface area contributed by atoms with Crippen LogP contribution in [0.1, 0.15) is 28.8 Å². The zero-order valence-electron chi connectivity index (χ0n) is 11.1. The lowest BCUT2D eigenvalue weighted by molar-refractivity contribution is -0.138. The molecule has 0 bridgehead atoms. The van der Waals surface area contributed by atoms with Gasteiger partial charge in [0.2, 0.25) is 0 Å². The highest BCUT2D eigenvalue weighted by molar-refractivity contribution is 9.10. The summed E-state index contributed by atoms with van der Waals surface area (Å²) in [4.78, 5) is 23.2. The summed E-state index contributed by atoms with van der Waals surface area (Å²) in [5.74, 6) is -1.22. The van der Waals surface area contributed by atoms with Crippen LogP contribution >= 0.6 is 15.9 Å². The van der Waals surface area contributed by atoms with E-state index >= 15 is 0 Å². The van der Waals surface area contributed by atoms with E-state index in [0.29, 0.717) is 18.6 Å². The molecule has 1 amide bonds. The minimum Gasteiger partial charge on any atom is -0.481 e. The first-order valence-corrected chi connectivity index (χ1v) is 7.09. The molecule has 1 aliphatic heterocycles. The smallest absolute Gasteiger partial charge is 0.305 e. The zero-order valence-corrected chi connectivity index (χ0v) is 12.7. The number of rotatable bonds is 4. The van der Waals surface area contributed by atoms with Crippen LogP contribution in [0.5, 0.6) is 0 Å². The highest BCUT2D eigenvalue weighted by atomic mass is 79.9. The number of halogens is 1. The summed E-state index contributed by atoms with van der Waals surface area (Å²) in [7, 11) is 0. The Balaban J connectivity index is 2.16. The Morgan fingerprint density at radius 3 is 2.80 bits per heavy atom. The van der Waals surface area contributed by atoms with Crippen molar-refractivity contribution in [2.45, 2.75) is 25.3 Å². The monoisotopic (exact) mass is 341 g/mol. The van der Waals surface area contributed by atoms with Crippen molar-refractivity contribution in [1.29, 1.82) is 0 Å². The first-order valence-electron chi connectivity index (χ1n) is 6.30. The van der Waals surface area contributed by atoms with E-state index in [2.05, 4.69) is 21.2 Å². The molecule has 1 aromatic rings. The van der Waals surface area contributed by atoms with E-state index in [9.17, 15) is 9.59 Å². The molecule has 2 rings (SSSR count). The van der Waals surface area contributed by atoms with Gasteiger partial charge >= 0.3 is 5.97 Å². The van der Waals surface area contributed by atoms with Gasteiger partial charge < -0.3 is 15.2 Å². The van der Waals surface area contributed by atoms with Crippen molar-refractivity contribution in [3.8, 4) is 0 Å². The molecule has 6 heteroatoms. The van der Waals surface area contributed by atoms with Crippen LogP contribution in [0.2, 0.25) is 0 Å². The maximum atomic E-state index is 12.3. The summed E-state index contributed by atoms with van der Waals surface area (Å²) in [6, 6.07) is 5.29. The highest BCUT2D eigenvalue weighted by Gasteiger charge is 2.38. The van der Waals surface area contributed by atoms with E-state index in [-0.39, 0.29) is 18.9 Å². The summed E-state index contributed by atoms with van der Waals surface area (Å²) >= 11 is 3.38. The Labute approximate surface area is 125 Å². The minimum atomic E-state index is -0.944. The Kier molecular flexibility index (Phi) is 4.45. The van der Waals surface area contributed by atoms with Crippen molar-refractivity contribution >= 4 is 27.8 Å². The fraction of sp³-hybridized carbons (Fsp3) is 0.429. The topological polar surface area (TPSA) is 75.6 Å². The van der Waals surface area contributed by atoms with Gasteiger partial charge in [-0.15, -0.1) is 0 Å². The first kappa shape index (κ1) is 15.0. The largest absolute Gasteiger partial charge is 0.481 e. The number of carbonyl (C=O) groups is 2. The standard InChI is InChI=1S/C14H16BrNO4/c1-9-2-3-10(6-11(9)15)13(19)16-14(7-12(17)18)4-5-20-8-14/h2-3,6H,4-5,7-8H2,1H3,(H,16,19)(H,17,18). The van der Waals surface area contributed by atoms with E-state index in [1.54, 1.807) is 12.1 Å². The fourth-order valence-electron chi connectivity index (χ4n) is 2.23. The molecule has 1 saturated heterocycles. The average molecular weight is 342 g/mol. The van der Waals surface area contributed by atoms with E-state index in [0.717, 1.165) is 10.0 Å². The predicted octanol–water partition coefficient (Wildman–Crippen LogP) is 2.12. The molecule has 1 aliphatic rings. The highest BCUT2D eigenvalue weighted by Crippen LogP contribution is 2.24. The molecule has 0 aliphatic carbocycles. The number of amides is 1. The van der Waals surface area contributed by atoms with Gasteiger partial charge in [0.05, 0.1) is 18.6 Å². The molecular formula is C14H16BrNO4. The molecule has 1 aromatic carbocycles. The van der Waals surface area contributed by atoms with Crippen molar-refractivity contribution in [1.82, 2.24) is 5.32 Å². The van der Waals surface area contributed by atoms with Crippen LogP contribution in [-0.4, -0.2) is 35.7 Å². The van der Waals surface area contributed by atoms with Crippen molar-refractivity contribution in [3.05, 3.63) is 33.8 Å². The lowest BCUT2D eigenvalue weighted by atomic mass is 9.93. The Morgan fingerprint density at radius 2 is 2.25 bits per heavy atom. The number of carboxylic acids is 1. The zero-order chi connectivity index (χ0) is 14.8. The third-order valence-electron chi connectivity index (χ3n) is 3.41. The normalized spacial score (nSPS) is 21.7. The maximum absolute atomic E-state index is 12.3. The number of carbonyl (C=O) groups excluding carboxylic acids is 1. The van der Waals surface area contributed by atoms with E-state index in [4.69, 9.17) is 9.84 Å². The molecule has 0 radical (unpaired) electrons. The molecule has 2 N–H and O–H groups in total. The summed E-state index contributed by atoms with van der Waals surface area (Å²) < 4.78 is 6.10. The molecule has 5 nitrogen and oxygen atoms in total. The third-order valence-corrected chi connectivity index (χ3v) is 4.26. The van der Waals surface area contributed by atoms with Crippen molar-refractivity contribution < 1.29 is 19.4 Å². The molecule has 1 fully saturated rings. The van der Waals surface area contributed by atoms with Crippen molar-refractivity contribution in [3.63, 3.8) is 0 Å². The molecule has 108 valence electrons. The van der Waals surface area contributed by atoms with E-state index < -0.39 is 11.5 Å². The summed E-state index contributed by atoms with van der Waals surface area (Å²) in [6.07, 6.45) is 0.379. The quantitative estimate of drug-likeness (QED) is 0.879. The number of hydrogen-bond donors (Lipinski definition) is 2. The van der Waals surface area contributed by atoms with E-state index in [1.165, 1.54) is 0 Å². The van der Waals surface area contributed by atoms with Gasteiger partial charge in [-0.1, -0.05) is 22.0 Å². The second-order valence-corrected chi connectivity index (χ2v) is 5.93. The number of aryl methyl sites for hydroxylation is 1. The first-order chi connectivity index (χ1) is 9.42. The van der Waals surface area contributed by atoms with Crippen LogP contribution in [0, 0.1) is 6.92 Å². The minimum absolute atomic E-state index is 0.133. The molecule has 1 atom stereocenters. The van der Waals surface area contributed by atoms with Crippen LogP contribution in [-0.2, 0) is 9.53 Å². The van der Waals surface area contributed by atoms with Gasteiger partial charge in [0.25, 0.3) is 5.91 Å². The molecule has 20 heavy (non-hydrogen) atoms. The molecule has 1 unspecified atom stereocenters. The van der Waals surface area contributed by atoms with Crippen molar-refractivity contribution in [2.24, 2.45) is 0 Å². The predicted molar refractivity (Wildman–Crippen MR) is 76.8 cm³/mol. The molecular weight excluding hydrogens is 326 g/mol. The number of nitrogens with one attached hydrogen (secondary N) is 1. The Morgan fingerprint density at radius 1 is 1.50 bits per heavy atom. The van der Waals surface area contributed by atoms with Gasteiger partial charge in [-0.25, -0.2) is 0 Å². The number of carboxylic acid groups (broad SMARTS) is 1. The lowest BCUT2D eigenvalue weighted by Gasteiger charge is -2.27. The SMILES string of the molecule is Cc1ccc(C(=O)NC2(CC(=O)O)CCOC2)cc1Br. The number of benzene rings is 1. The van der Waals surface area contributed by atoms with Gasteiger partial charge in [-0.05, 0) is 31.0 Å². The molecule has 0 saturated carbocycles. The molecule has 0 aromatic heterocycles. The number of ether oxygens (including phenoxy) is 1. The Bertz CT molecular complexity index is 538. The van der Waals surface area contributed by atoms with Gasteiger partial charge in [0.15, 0.2) is 0 Å². The Hall–Kier alpha value is -1.40.